The third-order valence-electron chi connectivity index (χ3n) is 6.43. The molecular formula is C26H31N5O. The minimum atomic E-state index is 0.156. The van der Waals surface area contributed by atoms with Gasteiger partial charge in [-0.1, -0.05) is 36.4 Å². The zero-order valence-electron chi connectivity index (χ0n) is 18.4. The van der Waals surface area contributed by atoms with Gasteiger partial charge in [0.2, 0.25) is 0 Å². The lowest BCUT2D eigenvalue weighted by molar-refractivity contribution is 0.292. The van der Waals surface area contributed by atoms with E-state index in [1.165, 1.54) is 34.2 Å². The number of nitrogens with one attached hydrogen (secondary N) is 3. The van der Waals surface area contributed by atoms with Crippen molar-refractivity contribution in [3.8, 4) is 11.3 Å². The van der Waals surface area contributed by atoms with E-state index < -0.39 is 0 Å². The van der Waals surface area contributed by atoms with Crippen molar-refractivity contribution < 1.29 is 5.11 Å². The van der Waals surface area contributed by atoms with Crippen molar-refractivity contribution in [2.75, 3.05) is 26.2 Å². The SMILES string of the molecule is OCCNCc1ccc(-c2nc3c(cc2C2C=CCCC2)C(C2=CNNC2)=NCC3)cc1. The van der Waals surface area contributed by atoms with Crippen molar-refractivity contribution in [3.63, 3.8) is 0 Å². The molecule has 3 heterocycles. The van der Waals surface area contributed by atoms with Gasteiger partial charge in [0.25, 0.3) is 0 Å². The van der Waals surface area contributed by atoms with Crippen LogP contribution in [0.4, 0.5) is 0 Å². The Morgan fingerprint density at radius 1 is 1.19 bits per heavy atom. The van der Waals surface area contributed by atoms with Crippen molar-refractivity contribution in [1.29, 1.82) is 0 Å². The molecule has 1 aliphatic carbocycles. The number of allylic oxidation sites excluding steroid dienone is 2. The van der Waals surface area contributed by atoms with Gasteiger partial charge in [-0.05, 0) is 36.5 Å². The third-order valence-corrected chi connectivity index (χ3v) is 6.43. The van der Waals surface area contributed by atoms with E-state index in [4.69, 9.17) is 15.1 Å². The molecule has 6 nitrogen and oxygen atoms in total. The summed E-state index contributed by atoms with van der Waals surface area (Å²) in [6, 6.07) is 11.1. The minimum absolute atomic E-state index is 0.156. The van der Waals surface area contributed by atoms with E-state index in [1.54, 1.807) is 0 Å². The highest BCUT2D eigenvalue weighted by Gasteiger charge is 2.25. The Labute approximate surface area is 189 Å². The van der Waals surface area contributed by atoms with Crippen molar-refractivity contribution in [2.45, 2.75) is 38.1 Å². The molecule has 32 heavy (non-hydrogen) atoms. The summed E-state index contributed by atoms with van der Waals surface area (Å²) in [6.07, 6.45) is 11.1. The van der Waals surface area contributed by atoms with E-state index in [2.05, 4.69) is 58.7 Å². The van der Waals surface area contributed by atoms with Gasteiger partial charge >= 0.3 is 0 Å². The van der Waals surface area contributed by atoms with Crippen molar-refractivity contribution >= 4 is 5.71 Å². The fourth-order valence-electron chi connectivity index (χ4n) is 4.76. The molecule has 0 saturated carbocycles. The summed E-state index contributed by atoms with van der Waals surface area (Å²) in [4.78, 5) is 10.1. The van der Waals surface area contributed by atoms with E-state index in [-0.39, 0.29) is 6.61 Å². The van der Waals surface area contributed by atoms with E-state index >= 15 is 0 Å². The Hall–Kier alpha value is -2.80. The number of aromatic nitrogens is 1. The zero-order valence-corrected chi connectivity index (χ0v) is 18.4. The Morgan fingerprint density at radius 3 is 2.84 bits per heavy atom. The van der Waals surface area contributed by atoms with Crippen molar-refractivity contribution in [2.24, 2.45) is 4.99 Å². The van der Waals surface area contributed by atoms with Crippen molar-refractivity contribution in [3.05, 3.63) is 76.6 Å². The number of aliphatic hydroxyl groups is 1. The molecule has 0 radical (unpaired) electrons. The Bertz CT molecular complexity index is 1050. The van der Waals surface area contributed by atoms with Gasteiger partial charge in [0.05, 0.1) is 23.7 Å². The number of benzene rings is 1. The summed E-state index contributed by atoms with van der Waals surface area (Å²) in [5.41, 5.74) is 15.7. The molecule has 0 amide bonds. The molecule has 1 unspecified atom stereocenters. The van der Waals surface area contributed by atoms with Gasteiger partial charge < -0.3 is 15.8 Å². The molecule has 0 spiro atoms. The number of fused-ring (bicyclic) bond motifs is 1. The topological polar surface area (TPSA) is 81.6 Å². The first kappa shape index (κ1) is 21.1. The highest BCUT2D eigenvalue weighted by Crippen LogP contribution is 2.36. The Balaban J connectivity index is 1.54. The summed E-state index contributed by atoms with van der Waals surface area (Å²) in [5, 5.41) is 12.2. The van der Waals surface area contributed by atoms with Crippen LogP contribution in [0.25, 0.3) is 11.3 Å². The molecule has 4 N–H and O–H groups in total. The summed E-state index contributed by atoms with van der Waals surface area (Å²) >= 11 is 0. The maximum Gasteiger partial charge on any atom is 0.0743 e. The number of rotatable bonds is 7. The highest BCUT2D eigenvalue weighted by atomic mass is 16.3. The maximum atomic E-state index is 8.98. The zero-order chi connectivity index (χ0) is 21.8. The lowest BCUT2D eigenvalue weighted by atomic mass is 9.84. The average molecular weight is 430 g/mol. The van der Waals surface area contributed by atoms with Crippen LogP contribution >= 0.6 is 0 Å². The Morgan fingerprint density at radius 2 is 2.09 bits per heavy atom. The predicted molar refractivity (Wildman–Crippen MR) is 129 cm³/mol. The minimum Gasteiger partial charge on any atom is -0.395 e. The van der Waals surface area contributed by atoms with E-state index in [0.717, 1.165) is 56.0 Å². The molecule has 1 aromatic carbocycles. The number of hydrogen-bond acceptors (Lipinski definition) is 6. The van der Waals surface area contributed by atoms with Crippen LogP contribution in [0.1, 0.15) is 47.6 Å². The van der Waals surface area contributed by atoms with Crippen LogP contribution in [0, 0.1) is 0 Å². The molecule has 5 rings (SSSR count). The second kappa shape index (κ2) is 9.77. The smallest absolute Gasteiger partial charge is 0.0743 e. The molecule has 0 bridgehead atoms. The molecule has 166 valence electrons. The Kier molecular flexibility index (Phi) is 6.44. The summed E-state index contributed by atoms with van der Waals surface area (Å²) < 4.78 is 0. The first-order chi connectivity index (χ1) is 15.8. The highest BCUT2D eigenvalue weighted by molar-refractivity contribution is 6.14. The van der Waals surface area contributed by atoms with Gasteiger partial charge in [0.1, 0.15) is 0 Å². The van der Waals surface area contributed by atoms with Crippen molar-refractivity contribution in [1.82, 2.24) is 21.2 Å². The number of nitrogens with zero attached hydrogens (tertiary/aromatic N) is 2. The van der Waals surface area contributed by atoms with E-state index in [1.807, 2.05) is 6.20 Å². The number of hydrazine groups is 1. The summed E-state index contributed by atoms with van der Waals surface area (Å²) in [7, 11) is 0. The van der Waals surface area contributed by atoms with E-state index in [9.17, 15) is 0 Å². The summed E-state index contributed by atoms with van der Waals surface area (Å²) in [6.45, 7) is 3.09. The fourth-order valence-corrected chi connectivity index (χ4v) is 4.76. The molecule has 0 saturated heterocycles. The average Bonchev–Trinajstić information content (AvgIpc) is 3.39. The van der Waals surface area contributed by atoms with Crippen LogP contribution in [0.3, 0.4) is 0 Å². The molecule has 1 atom stereocenters. The molecule has 6 heteroatoms. The van der Waals surface area contributed by atoms with Gasteiger partial charge in [-0.3, -0.25) is 9.98 Å². The second-order valence-corrected chi connectivity index (χ2v) is 8.63. The van der Waals surface area contributed by atoms with Gasteiger partial charge in [0.15, 0.2) is 0 Å². The van der Waals surface area contributed by atoms with Crippen LogP contribution in [0.15, 0.2) is 59.2 Å². The molecule has 0 fully saturated rings. The third kappa shape index (κ3) is 4.39. The molecule has 2 aliphatic heterocycles. The standard InChI is InChI=1S/C26H31N5O/c32-13-12-27-15-18-6-8-20(9-7-18)26-22(19-4-2-1-3-5-19)14-23-24(31-26)10-11-28-25(23)21-16-29-30-17-21/h2,4,6-9,14,16,19,27,29-30,32H,1,3,5,10-13,15,17H2. The number of aliphatic imine (C=N–C) groups is 1. The van der Waals surface area contributed by atoms with Gasteiger partial charge in [-0.2, -0.15) is 0 Å². The van der Waals surface area contributed by atoms with Crippen LogP contribution in [0.2, 0.25) is 0 Å². The second-order valence-electron chi connectivity index (χ2n) is 8.63. The van der Waals surface area contributed by atoms with Crippen LogP contribution < -0.4 is 16.2 Å². The van der Waals surface area contributed by atoms with Crippen LogP contribution in [0.5, 0.6) is 0 Å². The predicted octanol–water partition coefficient (Wildman–Crippen LogP) is 2.99. The molecule has 2 aromatic rings. The maximum absolute atomic E-state index is 8.98. The first-order valence-corrected chi connectivity index (χ1v) is 11.7. The van der Waals surface area contributed by atoms with Crippen LogP contribution in [-0.4, -0.2) is 42.0 Å². The van der Waals surface area contributed by atoms with Gasteiger partial charge in [0, 0.05) is 61.4 Å². The van der Waals surface area contributed by atoms with E-state index in [0.29, 0.717) is 12.5 Å². The fraction of sp³-hybridized carbons (Fsp3) is 0.385. The van der Waals surface area contributed by atoms with Gasteiger partial charge in [-0.15, -0.1) is 0 Å². The number of pyridine rings is 1. The quantitative estimate of drug-likeness (QED) is 0.402. The molecule has 1 aromatic heterocycles. The lowest BCUT2D eigenvalue weighted by Crippen LogP contribution is -2.23. The number of hydrogen-bond donors (Lipinski definition) is 4. The lowest BCUT2D eigenvalue weighted by Gasteiger charge is -2.24. The first-order valence-electron chi connectivity index (χ1n) is 11.7. The molecular weight excluding hydrogens is 398 g/mol. The monoisotopic (exact) mass is 429 g/mol. The normalized spacial score (nSPS) is 19.8. The molecule has 3 aliphatic rings. The van der Waals surface area contributed by atoms with Gasteiger partial charge in [-0.25, -0.2) is 5.43 Å². The number of aliphatic hydroxyl groups excluding tert-OH is 1. The summed E-state index contributed by atoms with van der Waals surface area (Å²) in [5.74, 6) is 0.388. The van der Waals surface area contributed by atoms with Crippen LogP contribution in [-0.2, 0) is 13.0 Å². The largest absolute Gasteiger partial charge is 0.395 e.